The summed E-state index contributed by atoms with van der Waals surface area (Å²) in [6.07, 6.45) is 1.79. The SMILES string of the molecule is COCCn1ncc(Br)c1C(N)c1csc2ccccc12. The molecule has 3 aromatic rings. The van der Waals surface area contributed by atoms with E-state index < -0.39 is 0 Å². The van der Waals surface area contributed by atoms with E-state index >= 15 is 0 Å². The van der Waals surface area contributed by atoms with Crippen molar-refractivity contribution in [3.05, 3.63) is 51.6 Å². The van der Waals surface area contributed by atoms with Crippen molar-refractivity contribution in [1.29, 1.82) is 0 Å². The largest absolute Gasteiger partial charge is 0.383 e. The van der Waals surface area contributed by atoms with Crippen molar-refractivity contribution in [2.24, 2.45) is 5.73 Å². The number of aromatic nitrogens is 2. The highest BCUT2D eigenvalue weighted by Gasteiger charge is 2.20. The van der Waals surface area contributed by atoms with Crippen molar-refractivity contribution in [2.45, 2.75) is 12.6 Å². The average Bonchev–Trinajstić information content (AvgIpc) is 3.08. The molecular formula is C15H16BrN3OS. The topological polar surface area (TPSA) is 53.1 Å². The van der Waals surface area contributed by atoms with E-state index in [2.05, 4.69) is 38.5 Å². The number of thiophene rings is 1. The highest BCUT2D eigenvalue weighted by Crippen LogP contribution is 2.34. The van der Waals surface area contributed by atoms with Gasteiger partial charge in [0.05, 0.1) is 35.6 Å². The molecule has 2 N–H and O–H groups in total. The van der Waals surface area contributed by atoms with E-state index in [1.54, 1.807) is 24.6 Å². The normalized spacial score (nSPS) is 12.9. The van der Waals surface area contributed by atoms with Gasteiger partial charge >= 0.3 is 0 Å². The number of benzene rings is 1. The van der Waals surface area contributed by atoms with Gasteiger partial charge in [0, 0.05) is 11.8 Å². The summed E-state index contributed by atoms with van der Waals surface area (Å²) < 4.78 is 9.23. The minimum absolute atomic E-state index is 0.213. The number of hydrogen-bond acceptors (Lipinski definition) is 4. The van der Waals surface area contributed by atoms with Crippen molar-refractivity contribution < 1.29 is 4.74 Å². The molecule has 0 saturated heterocycles. The van der Waals surface area contributed by atoms with Gasteiger partial charge in [-0.25, -0.2) is 0 Å². The maximum Gasteiger partial charge on any atom is 0.0749 e. The quantitative estimate of drug-likeness (QED) is 0.751. The summed E-state index contributed by atoms with van der Waals surface area (Å²) >= 11 is 5.28. The summed E-state index contributed by atoms with van der Waals surface area (Å²) in [5.74, 6) is 0. The number of hydrogen-bond donors (Lipinski definition) is 1. The van der Waals surface area contributed by atoms with E-state index in [0.717, 1.165) is 15.7 Å². The Kier molecular flexibility index (Phi) is 4.40. The molecule has 0 fully saturated rings. The Labute approximate surface area is 135 Å². The molecule has 0 aliphatic heterocycles. The van der Waals surface area contributed by atoms with Gasteiger partial charge in [0.15, 0.2) is 0 Å². The Hall–Kier alpha value is -1.21. The molecule has 6 heteroatoms. The van der Waals surface area contributed by atoms with E-state index in [4.69, 9.17) is 10.5 Å². The Balaban J connectivity index is 2.02. The average molecular weight is 366 g/mol. The lowest BCUT2D eigenvalue weighted by Gasteiger charge is -2.15. The molecule has 1 atom stereocenters. The number of nitrogens with zero attached hydrogens (tertiary/aromatic N) is 2. The standard InChI is InChI=1S/C15H16BrN3OS/c1-20-7-6-19-15(12(16)8-18-19)14(17)11-9-21-13-5-3-2-4-10(11)13/h2-5,8-9,14H,6-7,17H2,1H3. The van der Waals surface area contributed by atoms with E-state index in [1.165, 1.54) is 10.1 Å². The third-order valence-electron chi connectivity index (χ3n) is 3.48. The van der Waals surface area contributed by atoms with Gasteiger partial charge < -0.3 is 10.5 Å². The minimum Gasteiger partial charge on any atom is -0.383 e. The summed E-state index contributed by atoms with van der Waals surface area (Å²) in [6.45, 7) is 1.30. The molecule has 3 rings (SSSR count). The van der Waals surface area contributed by atoms with Crippen molar-refractivity contribution in [1.82, 2.24) is 9.78 Å². The monoisotopic (exact) mass is 365 g/mol. The molecule has 2 heterocycles. The molecule has 0 radical (unpaired) electrons. The fourth-order valence-electron chi connectivity index (χ4n) is 2.42. The van der Waals surface area contributed by atoms with Crippen molar-refractivity contribution in [2.75, 3.05) is 13.7 Å². The minimum atomic E-state index is -0.213. The van der Waals surface area contributed by atoms with E-state index in [-0.39, 0.29) is 6.04 Å². The molecule has 0 amide bonds. The molecule has 0 bridgehead atoms. The lowest BCUT2D eigenvalue weighted by atomic mass is 10.0. The van der Waals surface area contributed by atoms with Crippen LogP contribution in [0.3, 0.4) is 0 Å². The number of nitrogens with two attached hydrogens (primary N) is 1. The number of ether oxygens (including phenoxy) is 1. The maximum atomic E-state index is 6.52. The molecule has 2 aromatic heterocycles. The molecule has 110 valence electrons. The Morgan fingerprint density at radius 1 is 1.43 bits per heavy atom. The van der Waals surface area contributed by atoms with Crippen LogP contribution in [-0.4, -0.2) is 23.5 Å². The van der Waals surface area contributed by atoms with Crippen LogP contribution >= 0.6 is 27.3 Å². The predicted octanol–water partition coefficient (Wildman–Crippen LogP) is 3.55. The highest BCUT2D eigenvalue weighted by molar-refractivity contribution is 9.10. The van der Waals surface area contributed by atoms with Crippen LogP contribution in [-0.2, 0) is 11.3 Å². The van der Waals surface area contributed by atoms with Gasteiger partial charge in [-0.2, -0.15) is 5.10 Å². The van der Waals surface area contributed by atoms with E-state index in [9.17, 15) is 0 Å². The van der Waals surface area contributed by atoms with Crippen molar-refractivity contribution >= 4 is 37.4 Å². The van der Waals surface area contributed by atoms with Crippen LogP contribution in [0, 0.1) is 0 Å². The molecular weight excluding hydrogens is 350 g/mol. The summed E-state index contributed by atoms with van der Waals surface area (Å²) in [4.78, 5) is 0. The molecule has 0 saturated carbocycles. The number of halogens is 1. The second kappa shape index (κ2) is 6.27. The van der Waals surface area contributed by atoms with Crippen LogP contribution in [0.5, 0.6) is 0 Å². The van der Waals surface area contributed by atoms with Gasteiger partial charge in [0.1, 0.15) is 0 Å². The van der Waals surface area contributed by atoms with Gasteiger partial charge in [-0.05, 0) is 38.3 Å². The number of rotatable bonds is 5. The smallest absolute Gasteiger partial charge is 0.0749 e. The first kappa shape index (κ1) is 14.7. The first-order chi connectivity index (χ1) is 10.2. The first-order valence-electron chi connectivity index (χ1n) is 6.64. The van der Waals surface area contributed by atoms with E-state index in [0.29, 0.717) is 13.2 Å². The zero-order valence-electron chi connectivity index (χ0n) is 11.6. The Morgan fingerprint density at radius 3 is 3.05 bits per heavy atom. The predicted molar refractivity (Wildman–Crippen MR) is 89.7 cm³/mol. The van der Waals surface area contributed by atoms with Gasteiger partial charge in [-0.15, -0.1) is 11.3 Å². The molecule has 0 aliphatic carbocycles. The number of methoxy groups -OCH3 is 1. The molecule has 1 unspecified atom stereocenters. The summed E-state index contributed by atoms with van der Waals surface area (Å²) in [5.41, 5.74) is 8.64. The molecule has 21 heavy (non-hydrogen) atoms. The summed E-state index contributed by atoms with van der Waals surface area (Å²) in [5, 5.41) is 7.72. The van der Waals surface area contributed by atoms with Crippen LogP contribution in [0.1, 0.15) is 17.3 Å². The Bertz CT molecular complexity index is 752. The second-order valence-corrected chi connectivity index (χ2v) is 6.52. The lowest BCUT2D eigenvalue weighted by Crippen LogP contribution is -2.19. The third-order valence-corrected chi connectivity index (χ3v) is 5.07. The summed E-state index contributed by atoms with van der Waals surface area (Å²) in [6, 6.07) is 8.11. The zero-order chi connectivity index (χ0) is 14.8. The lowest BCUT2D eigenvalue weighted by molar-refractivity contribution is 0.182. The zero-order valence-corrected chi connectivity index (χ0v) is 14.0. The molecule has 0 spiro atoms. The second-order valence-electron chi connectivity index (χ2n) is 4.76. The first-order valence-corrected chi connectivity index (χ1v) is 8.31. The van der Waals surface area contributed by atoms with Crippen LogP contribution in [0.15, 0.2) is 40.3 Å². The van der Waals surface area contributed by atoms with E-state index in [1.807, 2.05) is 16.8 Å². The molecule has 1 aromatic carbocycles. The Morgan fingerprint density at radius 2 is 2.24 bits per heavy atom. The molecule has 4 nitrogen and oxygen atoms in total. The van der Waals surface area contributed by atoms with Crippen LogP contribution < -0.4 is 5.73 Å². The van der Waals surface area contributed by atoms with Gasteiger partial charge in [0.2, 0.25) is 0 Å². The third kappa shape index (κ3) is 2.76. The highest BCUT2D eigenvalue weighted by atomic mass is 79.9. The van der Waals surface area contributed by atoms with Crippen LogP contribution in [0.2, 0.25) is 0 Å². The summed E-state index contributed by atoms with van der Waals surface area (Å²) in [7, 11) is 1.69. The van der Waals surface area contributed by atoms with Gasteiger partial charge in [0.25, 0.3) is 0 Å². The fraction of sp³-hybridized carbons (Fsp3) is 0.267. The number of fused-ring (bicyclic) bond motifs is 1. The van der Waals surface area contributed by atoms with Crippen molar-refractivity contribution in [3.63, 3.8) is 0 Å². The molecule has 0 aliphatic rings. The van der Waals surface area contributed by atoms with Crippen LogP contribution in [0.4, 0.5) is 0 Å². The maximum absolute atomic E-state index is 6.52. The van der Waals surface area contributed by atoms with Gasteiger partial charge in [-0.1, -0.05) is 18.2 Å². The van der Waals surface area contributed by atoms with Gasteiger partial charge in [-0.3, -0.25) is 4.68 Å². The van der Waals surface area contributed by atoms with Crippen molar-refractivity contribution in [3.8, 4) is 0 Å². The van der Waals surface area contributed by atoms with Crippen LogP contribution in [0.25, 0.3) is 10.1 Å². The fourth-order valence-corrected chi connectivity index (χ4v) is 3.96.